The van der Waals surface area contributed by atoms with Crippen LogP contribution in [0, 0.1) is 0 Å². The molecule has 0 saturated heterocycles. The van der Waals surface area contributed by atoms with E-state index in [0.29, 0.717) is 6.54 Å². The molecule has 1 rings (SSSR count). The quantitative estimate of drug-likeness (QED) is 0.748. The van der Waals surface area contributed by atoms with Crippen LogP contribution in [-0.4, -0.2) is 19.1 Å². The van der Waals surface area contributed by atoms with Crippen molar-refractivity contribution in [3.8, 4) is 0 Å². The Morgan fingerprint density at radius 3 is 2.62 bits per heavy atom. The Hall–Kier alpha value is -1.35. The van der Waals surface area contributed by atoms with Crippen LogP contribution in [0.5, 0.6) is 0 Å². The monoisotopic (exact) mass is 221 g/mol. The van der Waals surface area contributed by atoms with E-state index in [-0.39, 0.29) is 12.0 Å². The predicted molar refractivity (Wildman–Crippen MR) is 64.0 cm³/mol. The zero-order valence-corrected chi connectivity index (χ0v) is 9.90. The van der Waals surface area contributed by atoms with E-state index in [2.05, 4.69) is 12.2 Å². The van der Waals surface area contributed by atoms with Crippen molar-refractivity contribution in [2.24, 2.45) is 0 Å². The molecule has 0 amide bonds. The normalized spacial score (nSPS) is 12.1. The standard InChI is InChI=1S/C13H19NO2/c1-3-7-12(13(15)16-2)14-10-11-8-5-4-6-9-11/h4-6,8-9,12,14H,3,7,10H2,1-2H3. The van der Waals surface area contributed by atoms with E-state index in [0.717, 1.165) is 12.8 Å². The fourth-order valence-electron chi connectivity index (χ4n) is 1.57. The number of ether oxygens (including phenoxy) is 1. The smallest absolute Gasteiger partial charge is 0.322 e. The lowest BCUT2D eigenvalue weighted by Crippen LogP contribution is -2.37. The molecule has 0 radical (unpaired) electrons. The van der Waals surface area contributed by atoms with Gasteiger partial charge in [0, 0.05) is 6.54 Å². The highest BCUT2D eigenvalue weighted by Gasteiger charge is 2.16. The van der Waals surface area contributed by atoms with Crippen molar-refractivity contribution in [2.45, 2.75) is 32.4 Å². The highest BCUT2D eigenvalue weighted by Crippen LogP contribution is 2.03. The average molecular weight is 221 g/mol. The number of carbonyl (C=O) groups excluding carboxylic acids is 1. The molecule has 1 atom stereocenters. The summed E-state index contributed by atoms with van der Waals surface area (Å²) in [6.07, 6.45) is 1.76. The molecule has 0 spiro atoms. The van der Waals surface area contributed by atoms with Crippen molar-refractivity contribution >= 4 is 5.97 Å². The van der Waals surface area contributed by atoms with E-state index < -0.39 is 0 Å². The van der Waals surface area contributed by atoms with E-state index in [4.69, 9.17) is 4.74 Å². The second-order valence-electron chi connectivity index (χ2n) is 3.73. The molecule has 3 nitrogen and oxygen atoms in total. The average Bonchev–Trinajstić information content (AvgIpc) is 2.34. The lowest BCUT2D eigenvalue weighted by Gasteiger charge is -2.15. The number of rotatable bonds is 6. The first-order valence-corrected chi connectivity index (χ1v) is 5.63. The molecule has 1 aromatic carbocycles. The maximum Gasteiger partial charge on any atom is 0.322 e. The van der Waals surface area contributed by atoms with Crippen LogP contribution in [0.15, 0.2) is 30.3 Å². The fraction of sp³-hybridized carbons (Fsp3) is 0.462. The third-order valence-corrected chi connectivity index (χ3v) is 2.46. The SMILES string of the molecule is CCCC(NCc1ccccc1)C(=O)OC. The number of nitrogens with one attached hydrogen (secondary N) is 1. The lowest BCUT2D eigenvalue weighted by atomic mass is 10.1. The maximum absolute atomic E-state index is 11.4. The van der Waals surface area contributed by atoms with Gasteiger partial charge in [0.05, 0.1) is 7.11 Å². The molecule has 1 unspecified atom stereocenters. The summed E-state index contributed by atoms with van der Waals surface area (Å²) in [5.41, 5.74) is 1.17. The molecule has 0 fully saturated rings. The molecule has 0 aliphatic rings. The minimum Gasteiger partial charge on any atom is -0.468 e. The third kappa shape index (κ3) is 4.03. The van der Waals surface area contributed by atoms with Crippen molar-refractivity contribution in [1.29, 1.82) is 0 Å². The van der Waals surface area contributed by atoms with Gasteiger partial charge in [-0.3, -0.25) is 4.79 Å². The molecule has 0 aliphatic carbocycles. The zero-order chi connectivity index (χ0) is 11.8. The Bertz CT molecular complexity index is 311. The van der Waals surface area contributed by atoms with Gasteiger partial charge in [0.15, 0.2) is 0 Å². The van der Waals surface area contributed by atoms with E-state index in [1.54, 1.807) is 0 Å². The Morgan fingerprint density at radius 2 is 2.06 bits per heavy atom. The number of hydrogen-bond donors (Lipinski definition) is 1. The summed E-state index contributed by atoms with van der Waals surface area (Å²) in [6.45, 7) is 2.75. The van der Waals surface area contributed by atoms with Gasteiger partial charge >= 0.3 is 5.97 Å². The summed E-state index contributed by atoms with van der Waals surface area (Å²) in [7, 11) is 1.43. The first kappa shape index (κ1) is 12.7. The predicted octanol–water partition coefficient (Wildman–Crippen LogP) is 2.12. The largest absolute Gasteiger partial charge is 0.468 e. The number of esters is 1. The van der Waals surface area contributed by atoms with Gasteiger partial charge in [0.25, 0.3) is 0 Å². The van der Waals surface area contributed by atoms with Crippen LogP contribution in [0.1, 0.15) is 25.3 Å². The molecule has 3 heteroatoms. The lowest BCUT2D eigenvalue weighted by molar-refractivity contribution is -0.143. The molecular formula is C13H19NO2. The highest BCUT2D eigenvalue weighted by molar-refractivity contribution is 5.75. The topological polar surface area (TPSA) is 38.3 Å². The summed E-state index contributed by atoms with van der Waals surface area (Å²) >= 11 is 0. The Balaban J connectivity index is 2.47. The van der Waals surface area contributed by atoms with Crippen molar-refractivity contribution < 1.29 is 9.53 Å². The second-order valence-corrected chi connectivity index (χ2v) is 3.73. The first-order chi connectivity index (χ1) is 7.77. The minimum absolute atomic E-state index is 0.183. The molecule has 16 heavy (non-hydrogen) atoms. The Kier molecular flexibility index (Phi) is 5.57. The fourth-order valence-corrected chi connectivity index (χ4v) is 1.57. The first-order valence-electron chi connectivity index (χ1n) is 5.63. The van der Waals surface area contributed by atoms with Crippen LogP contribution >= 0.6 is 0 Å². The van der Waals surface area contributed by atoms with Gasteiger partial charge in [0.1, 0.15) is 6.04 Å². The maximum atomic E-state index is 11.4. The van der Waals surface area contributed by atoms with Crippen LogP contribution in [0.3, 0.4) is 0 Å². The van der Waals surface area contributed by atoms with Crippen molar-refractivity contribution in [3.63, 3.8) is 0 Å². The summed E-state index contributed by atoms with van der Waals surface area (Å²) in [5.74, 6) is -0.183. The summed E-state index contributed by atoms with van der Waals surface area (Å²) in [5, 5.41) is 3.21. The van der Waals surface area contributed by atoms with Crippen molar-refractivity contribution in [2.75, 3.05) is 7.11 Å². The van der Waals surface area contributed by atoms with E-state index in [9.17, 15) is 4.79 Å². The second kappa shape index (κ2) is 7.01. The van der Waals surface area contributed by atoms with Crippen molar-refractivity contribution in [1.82, 2.24) is 5.32 Å². The molecule has 0 bridgehead atoms. The van der Waals surface area contributed by atoms with Gasteiger partial charge in [-0.1, -0.05) is 43.7 Å². The van der Waals surface area contributed by atoms with Gasteiger partial charge in [-0.05, 0) is 12.0 Å². The Morgan fingerprint density at radius 1 is 1.38 bits per heavy atom. The minimum atomic E-state index is -0.199. The van der Waals surface area contributed by atoms with Crippen molar-refractivity contribution in [3.05, 3.63) is 35.9 Å². The van der Waals surface area contributed by atoms with Crippen LogP contribution in [0.2, 0.25) is 0 Å². The van der Waals surface area contributed by atoms with Gasteiger partial charge in [-0.25, -0.2) is 0 Å². The van der Waals surface area contributed by atoms with E-state index in [1.165, 1.54) is 12.7 Å². The molecule has 88 valence electrons. The molecule has 0 aromatic heterocycles. The Labute approximate surface area is 96.8 Å². The number of benzene rings is 1. The third-order valence-electron chi connectivity index (χ3n) is 2.46. The summed E-state index contributed by atoms with van der Waals surface area (Å²) < 4.78 is 4.75. The molecular weight excluding hydrogens is 202 g/mol. The molecule has 1 aromatic rings. The molecule has 0 aliphatic heterocycles. The molecule has 1 N–H and O–H groups in total. The van der Waals surface area contributed by atoms with Gasteiger partial charge in [0.2, 0.25) is 0 Å². The number of carbonyl (C=O) groups is 1. The van der Waals surface area contributed by atoms with Crippen LogP contribution in [0.4, 0.5) is 0 Å². The van der Waals surface area contributed by atoms with Crippen LogP contribution < -0.4 is 5.32 Å². The molecule has 0 saturated carbocycles. The van der Waals surface area contributed by atoms with E-state index >= 15 is 0 Å². The highest BCUT2D eigenvalue weighted by atomic mass is 16.5. The number of methoxy groups -OCH3 is 1. The van der Waals surface area contributed by atoms with Crippen LogP contribution in [0.25, 0.3) is 0 Å². The van der Waals surface area contributed by atoms with Gasteiger partial charge in [-0.15, -0.1) is 0 Å². The van der Waals surface area contributed by atoms with Crippen LogP contribution in [-0.2, 0) is 16.1 Å². The molecule has 0 heterocycles. The van der Waals surface area contributed by atoms with E-state index in [1.807, 2.05) is 30.3 Å². The number of hydrogen-bond acceptors (Lipinski definition) is 3. The summed E-state index contributed by atoms with van der Waals surface area (Å²) in [4.78, 5) is 11.4. The zero-order valence-electron chi connectivity index (χ0n) is 9.90. The summed E-state index contributed by atoms with van der Waals surface area (Å²) in [6, 6.07) is 9.83. The van der Waals surface area contributed by atoms with Gasteiger partial charge in [-0.2, -0.15) is 0 Å². The van der Waals surface area contributed by atoms with Gasteiger partial charge < -0.3 is 10.1 Å².